The third kappa shape index (κ3) is 5.96. The lowest BCUT2D eigenvalue weighted by molar-refractivity contribution is 0.0462. The van der Waals surface area contributed by atoms with E-state index < -0.39 is 11.7 Å². The molecule has 1 unspecified atom stereocenters. The van der Waals surface area contributed by atoms with Crippen LogP contribution in [0, 0.1) is 5.41 Å². The van der Waals surface area contributed by atoms with Gasteiger partial charge in [-0.25, -0.2) is 4.79 Å². The summed E-state index contributed by atoms with van der Waals surface area (Å²) in [6.45, 7) is 7.91. The number of alkyl carbamates (subject to hydrolysis) is 1. The van der Waals surface area contributed by atoms with E-state index in [0.717, 1.165) is 10.9 Å². The van der Waals surface area contributed by atoms with Crippen LogP contribution in [0.15, 0.2) is 15.9 Å². The highest BCUT2D eigenvalue weighted by Gasteiger charge is 2.30. The van der Waals surface area contributed by atoms with E-state index in [-0.39, 0.29) is 12.0 Å². The fraction of sp³-hybridized carbons (Fsp3) is 0.667. The van der Waals surface area contributed by atoms with E-state index in [0.29, 0.717) is 13.0 Å². The number of hydrogen-bond donors (Lipinski definition) is 2. The molecular formula is C15H24BrNO3S. The fourth-order valence-corrected chi connectivity index (χ4v) is 3.57. The van der Waals surface area contributed by atoms with Gasteiger partial charge in [-0.15, -0.1) is 11.3 Å². The Labute approximate surface area is 139 Å². The van der Waals surface area contributed by atoms with Crippen LogP contribution in [0.4, 0.5) is 4.79 Å². The van der Waals surface area contributed by atoms with Gasteiger partial charge in [0.15, 0.2) is 0 Å². The normalized spacial score (nSPS) is 14.6. The molecule has 21 heavy (non-hydrogen) atoms. The first-order valence-corrected chi connectivity index (χ1v) is 8.68. The van der Waals surface area contributed by atoms with Gasteiger partial charge in [0.05, 0.1) is 6.61 Å². The van der Waals surface area contributed by atoms with Gasteiger partial charge < -0.3 is 15.2 Å². The number of ether oxygens (including phenoxy) is 1. The molecule has 0 aliphatic carbocycles. The molecule has 1 heterocycles. The molecule has 1 aromatic rings. The summed E-state index contributed by atoms with van der Waals surface area (Å²) in [5.41, 5.74) is -0.890. The van der Waals surface area contributed by atoms with Crippen molar-refractivity contribution in [1.82, 2.24) is 5.32 Å². The number of halogens is 1. The SMILES string of the molecule is CCC(CO)(CNC(=O)OC(C)(C)C)Cc1sccc1Br. The minimum Gasteiger partial charge on any atom is -0.444 e. The molecule has 0 radical (unpaired) electrons. The number of nitrogens with one attached hydrogen (secondary N) is 1. The smallest absolute Gasteiger partial charge is 0.407 e. The highest BCUT2D eigenvalue weighted by atomic mass is 79.9. The maximum atomic E-state index is 11.8. The van der Waals surface area contributed by atoms with Crippen molar-refractivity contribution in [2.45, 2.75) is 46.1 Å². The summed E-state index contributed by atoms with van der Waals surface area (Å²) in [7, 11) is 0. The largest absolute Gasteiger partial charge is 0.444 e. The Hall–Kier alpha value is -0.590. The lowest BCUT2D eigenvalue weighted by atomic mass is 9.82. The molecule has 6 heteroatoms. The standard InChI is InChI=1S/C15H24BrNO3S/c1-5-15(10-18,8-12-11(16)6-7-21-12)9-17-13(19)20-14(2,3)4/h6-7,18H,5,8-10H2,1-4H3,(H,17,19). The second-order valence-corrected chi connectivity index (χ2v) is 8.09. The van der Waals surface area contributed by atoms with Gasteiger partial charge in [-0.3, -0.25) is 0 Å². The van der Waals surface area contributed by atoms with Crippen molar-refractivity contribution < 1.29 is 14.6 Å². The molecule has 120 valence electrons. The molecular weight excluding hydrogens is 354 g/mol. The number of rotatable bonds is 6. The Morgan fingerprint density at radius 2 is 2.14 bits per heavy atom. The van der Waals surface area contributed by atoms with Gasteiger partial charge in [-0.1, -0.05) is 6.92 Å². The number of aliphatic hydroxyl groups is 1. The first-order valence-electron chi connectivity index (χ1n) is 7.01. The van der Waals surface area contributed by atoms with Gasteiger partial charge in [0.25, 0.3) is 0 Å². The Morgan fingerprint density at radius 1 is 1.48 bits per heavy atom. The van der Waals surface area contributed by atoms with Crippen LogP contribution in [0.5, 0.6) is 0 Å². The predicted octanol–water partition coefficient (Wildman–Crippen LogP) is 3.97. The van der Waals surface area contributed by atoms with Crippen molar-refractivity contribution in [3.05, 3.63) is 20.8 Å². The summed E-state index contributed by atoms with van der Waals surface area (Å²) in [5, 5.41) is 14.6. The van der Waals surface area contributed by atoms with E-state index in [1.54, 1.807) is 11.3 Å². The van der Waals surface area contributed by atoms with E-state index >= 15 is 0 Å². The Morgan fingerprint density at radius 3 is 2.57 bits per heavy atom. The average molecular weight is 378 g/mol. The predicted molar refractivity (Wildman–Crippen MR) is 89.8 cm³/mol. The molecule has 0 saturated carbocycles. The molecule has 0 saturated heterocycles. The monoisotopic (exact) mass is 377 g/mol. The minimum atomic E-state index is -0.519. The Kier molecular flexibility index (Phi) is 6.69. The Bertz CT molecular complexity index is 464. The topological polar surface area (TPSA) is 58.6 Å². The third-order valence-electron chi connectivity index (χ3n) is 3.32. The number of amides is 1. The van der Waals surface area contributed by atoms with Crippen LogP contribution in [0.2, 0.25) is 0 Å². The molecule has 0 spiro atoms. The molecule has 4 nitrogen and oxygen atoms in total. The van der Waals surface area contributed by atoms with Crippen LogP contribution in [-0.4, -0.2) is 30.0 Å². The molecule has 0 fully saturated rings. The zero-order chi connectivity index (χ0) is 16.1. The second-order valence-electron chi connectivity index (χ2n) is 6.24. The van der Waals surface area contributed by atoms with Crippen molar-refractivity contribution in [2.24, 2.45) is 5.41 Å². The molecule has 0 aliphatic heterocycles. The van der Waals surface area contributed by atoms with Crippen molar-refractivity contribution in [1.29, 1.82) is 0 Å². The van der Waals surface area contributed by atoms with Crippen molar-refractivity contribution in [2.75, 3.05) is 13.2 Å². The third-order valence-corrected chi connectivity index (χ3v) is 5.24. The molecule has 1 amide bonds. The number of carbonyl (C=O) groups excluding carboxylic acids is 1. The molecule has 1 aromatic heterocycles. The van der Waals surface area contributed by atoms with Crippen LogP contribution < -0.4 is 5.32 Å². The summed E-state index contributed by atoms with van der Waals surface area (Å²) in [6, 6.07) is 2.00. The van der Waals surface area contributed by atoms with E-state index in [2.05, 4.69) is 21.2 Å². The van der Waals surface area contributed by atoms with Crippen LogP contribution in [0.25, 0.3) is 0 Å². The summed E-state index contributed by atoms with van der Waals surface area (Å²) >= 11 is 5.16. The first-order chi connectivity index (χ1) is 9.71. The van der Waals surface area contributed by atoms with Crippen LogP contribution in [-0.2, 0) is 11.2 Å². The van der Waals surface area contributed by atoms with Crippen LogP contribution >= 0.6 is 27.3 Å². The highest BCUT2D eigenvalue weighted by molar-refractivity contribution is 9.10. The van der Waals surface area contributed by atoms with Crippen molar-refractivity contribution >= 4 is 33.4 Å². The van der Waals surface area contributed by atoms with Crippen LogP contribution in [0.1, 0.15) is 39.0 Å². The molecule has 0 aromatic carbocycles. The Balaban J connectivity index is 2.68. The van der Waals surface area contributed by atoms with Gasteiger partial charge in [-0.2, -0.15) is 0 Å². The summed E-state index contributed by atoms with van der Waals surface area (Å²) < 4.78 is 6.29. The van der Waals surface area contributed by atoms with E-state index in [1.165, 1.54) is 4.88 Å². The maximum absolute atomic E-state index is 11.8. The second kappa shape index (κ2) is 7.61. The van der Waals surface area contributed by atoms with Crippen molar-refractivity contribution in [3.8, 4) is 0 Å². The summed E-state index contributed by atoms with van der Waals surface area (Å²) in [5.74, 6) is 0. The summed E-state index contributed by atoms with van der Waals surface area (Å²) in [4.78, 5) is 13.0. The average Bonchev–Trinajstić information content (AvgIpc) is 2.78. The minimum absolute atomic E-state index is 0.0175. The maximum Gasteiger partial charge on any atom is 0.407 e. The number of thiophene rings is 1. The molecule has 0 bridgehead atoms. The van der Waals surface area contributed by atoms with Gasteiger partial charge in [0.2, 0.25) is 0 Å². The zero-order valence-corrected chi connectivity index (χ0v) is 15.4. The lowest BCUT2D eigenvalue weighted by Gasteiger charge is -2.31. The van der Waals surface area contributed by atoms with Crippen molar-refractivity contribution in [3.63, 3.8) is 0 Å². The van der Waals surface area contributed by atoms with Gasteiger partial charge in [0.1, 0.15) is 5.60 Å². The first kappa shape index (κ1) is 18.5. The molecule has 1 rings (SSSR count). The van der Waals surface area contributed by atoms with E-state index in [4.69, 9.17) is 4.74 Å². The number of carbonyl (C=O) groups is 1. The van der Waals surface area contributed by atoms with Gasteiger partial charge in [0, 0.05) is 21.3 Å². The van der Waals surface area contributed by atoms with Gasteiger partial charge in [-0.05, 0) is 61.0 Å². The van der Waals surface area contributed by atoms with Crippen LogP contribution in [0.3, 0.4) is 0 Å². The zero-order valence-electron chi connectivity index (χ0n) is 13.0. The number of aliphatic hydroxyl groups excluding tert-OH is 1. The lowest BCUT2D eigenvalue weighted by Crippen LogP contribution is -2.43. The fourth-order valence-electron chi connectivity index (χ4n) is 1.90. The quantitative estimate of drug-likeness (QED) is 0.788. The molecule has 0 aliphatic rings. The highest BCUT2D eigenvalue weighted by Crippen LogP contribution is 2.32. The van der Waals surface area contributed by atoms with E-state index in [9.17, 15) is 9.90 Å². The summed E-state index contributed by atoms with van der Waals surface area (Å²) in [6.07, 6.45) is 1.04. The molecule has 1 atom stereocenters. The van der Waals surface area contributed by atoms with Gasteiger partial charge >= 0.3 is 6.09 Å². The molecule has 2 N–H and O–H groups in total. The number of hydrogen-bond acceptors (Lipinski definition) is 4. The van der Waals surface area contributed by atoms with E-state index in [1.807, 2.05) is 39.1 Å².